The molecular weight excluding hydrogens is 1340 g/mol. The molecular formula is C66H82Cl2F4N10O16. The number of carbonyl (C=O) groups excluding carboxylic acids is 6. The van der Waals surface area contributed by atoms with E-state index in [0.29, 0.717) is 59.3 Å². The number of likely N-dealkylation sites (N-methyl/N-ethyl adjacent to an activating group) is 2. The lowest BCUT2D eigenvalue weighted by Gasteiger charge is -2.54. The number of hydrogen-bond acceptors (Lipinski definition) is 19. The number of aromatic nitrogens is 3. The van der Waals surface area contributed by atoms with Crippen LogP contribution in [0.4, 0.5) is 42.4 Å². The largest absolute Gasteiger partial charge is 1.00 e. The predicted molar refractivity (Wildman–Crippen MR) is 334 cm³/mol. The Hall–Kier alpha value is -8.32. The molecule has 98 heavy (non-hydrogen) atoms. The highest BCUT2D eigenvalue weighted by atomic mass is 35.5. The van der Waals surface area contributed by atoms with Crippen LogP contribution in [0.15, 0.2) is 72.8 Å². The first kappa shape index (κ1) is 75.5. The maximum Gasteiger partial charge on any atom is 0.519 e. The standard InChI is InChI=1S/C27H35F2N3O6.C24H22N2O7.C9H18F2N2O2.C6H5N3O.2ClH/c1-25(2,3)38-23(34)30-13-26(28,29)14-32(5)24(35)36-19-9-6-15-12-17-16-7-8-18(33)22-27(16,10-11-31(17)4)20(15)21(19)37-22;1-25-11-10-24-16-7-8-18(27)22(24)33-21-19(9-2-13(20(21)24)12-17(16)25)32-23(28)31-15-5-3-14(4-6-15)26(29)30;1-8(2,3)15-7(14)13-6-9(10,11)5-12-4;10-9-6-4-2-1-3-5(6)7-8-9;;/h6,9,16-17,22H,7-8,10-14H2,1-5H3,(H,30,34);2-6,9,16-17,22H,7-8,10-12H2,1H3;12H,5-6H2,1-4H3,(H,13,14);1-4,10H;2*1H. The number of fused-ring (bicyclic) bond motifs is 1. The number of halogens is 6. The number of ether oxygens (including phenoxy) is 7. The van der Waals surface area contributed by atoms with Crippen LogP contribution in [-0.2, 0) is 42.7 Å². The second-order valence-corrected chi connectivity index (χ2v) is 27.8. The van der Waals surface area contributed by atoms with Crippen molar-refractivity contribution in [3.63, 3.8) is 0 Å². The van der Waals surface area contributed by atoms with Crippen LogP contribution in [0.3, 0.4) is 0 Å². The number of carbonyl (C=O) groups is 6. The Morgan fingerprint density at radius 1 is 0.714 bits per heavy atom. The number of Topliss-reactive ketones (excluding diaryl/α,β-unsaturated/α-hetero) is 2. The summed E-state index contributed by atoms with van der Waals surface area (Å²) < 4.78 is 93.4. The van der Waals surface area contributed by atoms with Crippen LogP contribution in [0.2, 0.25) is 0 Å². The molecule has 10 unspecified atom stereocenters. The first-order chi connectivity index (χ1) is 45.1. The van der Waals surface area contributed by atoms with E-state index in [9.17, 15) is 56.4 Å². The molecule has 5 aromatic rings. The fraction of sp³-hybridized carbons (Fsp3) is 0.545. The maximum atomic E-state index is 14.5. The van der Waals surface area contributed by atoms with Crippen LogP contribution in [0.25, 0.3) is 11.0 Å². The van der Waals surface area contributed by atoms with E-state index in [1.165, 1.54) is 53.7 Å². The molecule has 26 nitrogen and oxygen atoms in total. The van der Waals surface area contributed by atoms with E-state index in [0.717, 1.165) is 78.0 Å². The summed E-state index contributed by atoms with van der Waals surface area (Å²) in [7, 11) is 7.05. The number of quaternary nitrogens is 2. The third kappa shape index (κ3) is 15.7. The molecule has 4 aliphatic heterocycles. The van der Waals surface area contributed by atoms with Gasteiger partial charge in [0.1, 0.15) is 28.0 Å². The number of nitrogens with zero attached hydrogens (tertiary/aromatic N) is 5. The summed E-state index contributed by atoms with van der Waals surface area (Å²) in [4.78, 5) is 88.8. The molecule has 13 rings (SSSR count). The summed E-state index contributed by atoms with van der Waals surface area (Å²) in [5, 5.41) is 33.2. The molecule has 8 aliphatic rings. The number of nitrogens with one attached hydrogen (secondary N) is 5. The molecule has 1 aromatic heterocycles. The molecule has 10 atom stereocenters. The highest BCUT2D eigenvalue weighted by Gasteiger charge is 2.69. The number of benzene rings is 4. The molecule has 6 N–H and O–H groups in total. The number of nitro benzene ring substituents is 1. The highest BCUT2D eigenvalue weighted by Crippen LogP contribution is 2.63. The van der Waals surface area contributed by atoms with Crippen LogP contribution < -0.4 is 74.2 Å². The van der Waals surface area contributed by atoms with E-state index in [1.807, 2.05) is 34.9 Å². The molecule has 2 spiro atoms. The van der Waals surface area contributed by atoms with Crippen molar-refractivity contribution in [2.24, 2.45) is 11.8 Å². The van der Waals surface area contributed by atoms with E-state index in [2.05, 4.69) is 29.7 Å². The average Bonchev–Trinajstić information content (AvgIpc) is 1.49. The molecule has 4 aliphatic carbocycles. The van der Waals surface area contributed by atoms with Crippen molar-refractivity contribution < 1.29 is 124 Å². The molecule has 4 bridgehead atoms. The minimum atomic E-state index is -3.42. The SMILES string of the molecule is CN(CC(F)(F)CNC(=O)OC(C)(C)C)C(=O)Oc1ccc2c3c1OC1C(=O)CCC4C(C2)[NH+](C)CCC314.CNCC(F)(F)CNC(=O)OC(C)(C)C.C[NH+]1CCC23c4c5ccc(OC(=O)Oc6ccc([N+](=O)[O-])cc6)c4OC2C(=O)CCC3C1C5.On1nnc2ccccc21.[Cl-].[Cl-]. The molecule has 4 fully saturated rings. The second kappa shape index (κ2) is 29.2. The fourth-order valence-corrected chi connectivity index (χ4v) is 15.2. The van der Waals surface area contributed by atoms with Gasteiger partial charge < -0.3 is 93.8 Å². The van der Waals surface area contributed by atoms with E-state index in [1.54, 1.807) is 65.8 Å². The third-order valence-corrected chi connectivity index (χ3v) is 19.0. The predicted octanol–water partition coefficient (Wildman–Crippen LogP) is 0.134. The second-order valence-electron chi connectivity index (χ2n) is 27.8. The van der Waals surface area contributed by atoms with Gasteiger partial charge in [0, 0.05) is 80.7 Å². The van der Waals surface area contributed by atoms with Gasteiger partial charge in [0.25, 0.3) is 17.5 Å². The van der Waals surface area contributed by atoms with Crippen molar-refractivity contribution in [2.75, 3.05) is 67.5 Å². The van der Waals surface area contributed by atoms with Gasteiger partial charge in [-0.3, -0.25) is 19.7 Å². The number of alkyl carbamates (subject to hydrolysis) is 2. The zero-order chi connectivity index (χ0) is 69.6. The van der Waals surface area contributed by atoms with Crippen molar-refractivity contribution in [3.8, 4) is 28.7 Å². The molecule has 534 valence electrons. The number of ketones is 2. The van der Waals surface area contributed by atoms with Crippen LogP contribution >= 0.6 is 0 Å². The molecule has 3 amide bonds. The summed E-state index contributed by atoms with van der Waals surface area (Å²) in [5.41, 5.74) is 3.22. The quantitative estimate of drug-likeness (QED) is 0.0242. The van der Waals surface area contributed by atoms with Gasteiger partial charge in [0.05, 0.1) is 81.2 Å². The minimum absolute atomic E-state index is 0. The Morgan fingerprint density at radius 2 is 1.19 bits per heavy atom. The fourth-order valence-electron chi connectivity index (χ4n) is 15.2. The first-order valence-corrected chi connectivity index (χ1v) is 31.9. The first-order valence-electron chi connectivity index (χ1n) is 31.9. The lowest BCUT2D eigenvalue weighted by molar-refractivity contribution is -0.919. The van der Waals surface area contributed by atoms with Gasteiger partial charge in [-0.1, -0.05) is 29.1 Å². The maximum absolute atomic E-state index is 14.5. The monoisotopic (exact) mass is 1420 g/mol. The normalized spacial score (nSPS) is 24.6. The summed E-state index contributed by atoms with van der Waals surface area (Å²) in [6.07, 6.45) is 1.22. The Kier molecular flexibility index (Phi) is 22.5. The molecule has 2 saturated carbocycles. The average molecular weight is 1420 g/mol. The van der Waals surface area contributed by atoms with E-state index in [-0.39, 0.29) is 64.7 Å². The van der Waals surface area contributed by atoms with Gasteiger partial charge in [-0.15, -0.1) is 5.10 Å². The number of non-ortho nitro benzene ring substituents is 1. The van der Waals surface area contributed by atoms with Crippen LogP contribution in [0, 0.1) is 22.0 Å². The molecule has 32 heteroatoms. The number of rotatable bonds is 12. The summed E-state index contributed by atoms with van der Waals surface area (Å²) >= 11 is 0. The smallest absolute Gasteiger partial charge is 0.519 e. The van der Waals surface area contributed by atoms with Crippen molar-refractivity contribution in [1.82, 2.24) is 36.0 Å². The topological polar surface area (TPSA) is 309 Å². The van der Waals surface area contributed by atoms with Crippen molar-refractivity contribution >= 4 is 52.7 Å². The van der Waals surface area contributed by atoms with Crippen molar-refractivity contribution in [1.29, 1.82) is 0 Å². The van der Waals surface area contributed by atoms with E-state index < -0.39 is 96.2 Å². The van der Waals surface area contributed by atoms with Gasteiger partial charge in [-0.2, -0.15) is 0 Å². The van der Waals surface area contributed by atoms with Crippen LogP contribution in [0.5, 0.6) is 28.7 Å². The van der Waals surface area contributed by atoms with Crippen LogP contribution in [0.1, 0.15) is 102 Å². The summed E-state index contributed by atoms with van der Waals surface area (Å²) in [5.74, 6) is -4.16. The molecule has 5 heterocycles. The Bertz CT molecular complexity index is 3820. The Labute approximate surface area is 574 Å². The number of amides is 3. The lowest BCUT2D eigenvalue weighted by atomic mass is 9.52. The van der Waals surface area contributed by atoms with Gasteiger partial charge in [0.2, 0.25) is 0 Å². The van der Waals surface area contributed by atoms with Gasteiger partial charge in [0.15, 0.2) is 46.8 Å². The van der Waals surface area contributed by atoms with Crippen molar-refractivity contribution in [2.45, 2.75) is 151 Å². The van der Waals surface area contributed by atoms with Gasteiger partial charge in [-0.25, -0.2) is 36.7 Å². The number of hydrogen-bond donors (Lipinski definition) is 6. The summed E-state index contributed by atoms with van der Waals surface area (Å²) in [6, 6.07) is 20.4. The zero-order valence-electron chi connectivity index (χ0n) is 55.9. The van der Waals surface area contributed by atoms with Gasteiger partial charge >= 0.3 is 24.4 Å². The van der Waals surface area contributed by atoms with Crippen molar-refractivity contribution in [3.05, 3.63) is 105 Å². The number of likely N-dealkylation sites (tertiary alicyclic amines) is 2. The number of piperidine rings is 2. The summed E-state index contributed by atoms with van der Waals surface area (Å²) in [6.45, 7) is 8.57. The number of nitro groups is 1. The number of alkyl halides is 4. The van der Waals surface area contributed by atoms with Gasteiger partial charge in [-0.05, 0) is 114 Å². The molecule has 2 saturated heterocycles. The third-order valence-electron chi connectivity index (χ3n) is 19.0. The van der Waals surface area contributed by atoms with E-state index >= 15 is 0 Å². The minimum Gasteiger partial charge on any atom is -1.00 e. The van der Waals surface area contributed by atoms with Crippen LogP contribution in [-0.4, -0.2) is 181 Å². The Balaban J connectivity index is 0.000000184. The lowest BCUT2D eigenvalue weighted by Crippen LogP contribution is -3.16. The van der Waals surface area contributed by atoms with E-state index in [4.69, 9.17) is 38.4 Å². The highest BCUT2D eigenvalue weighted by molar-refractivity contribution is 5.90. The Morgan fingerprint density at radius 3 is 1.66 bits per heavy atom. The number of para-hydroxylation sites is 1. The zero-order valence-corrected chi connectivity index (χ0v) is 57.4. The molecule has 0 radical (unpaired) electrons. The molecule has 4 aromatic carbocycles.